The Morgan fingerprint density at radius 3 is 1.67 bits per heavy atom. The van der Waals surface area contributed by atoms with Gasteiger partial charge in [0.15, 0.2) is 0 Å². The van der Waals surface area contributed by atoms with Gasteiger partial charge in [-0.3, -0.25) is 9.69 Å². The first-order valence-electron chi connectivity index (χ1n) is 6.76. The Kier molecular flexibility index (Phi) is 7.51. The van der Waals surface area contributed by atoms with E-state index in [-0.39, 0.29) is 18.8 Å². The molecule has 2 rings (SSSR count). The number of carbonyl (C=O) groups is 1. The Morgan fingerprint density at radius 2 is 1.29 bits per heavy atom. The molecule has 0 aliphatic carbocycles. The molecule has 112 valence electrons. The van der Waals surface area contributed by atoms with Crippen molar-refractivity contribution in [1.29, 1.82) is 0 Å². The SMILES string of the molecule is Cl.O=C(O)CCN(Cc1ccccc1)Cc1ccccc1. The summed E-state index contributed by atoms with van der Waals surface area (Å²) < 4.78 is 0. The Balaban J connectivity index is 0.00000220. The molecule has 0 bridgehead atoms. The highest BCUT2D eigenvalue weighted by Crippen LogP contribution is 2.10. The van der Waals surface area contributed by atoms with Gasteiger partial charge in [-0.15, -0.1) is 12.4 Å². The Labute approximate surface area is 131 Å². The Bertz CT molecular complexity index is 490. The van der Waals surface area contributed by atoms with E-state index in [4.69, 9.17) is 5.11 Å². The molecule has 0 atom stereocenters. The van der Waals surface area contributed by atoms with Gasteiger partial charge in [0.1, 0.15) is 0 Å². The summed E-state index contributed by atoms with van der Waals surface area (Å²) in [4.78, 5) is 12.9. The molecule has 0 fully saturated rings. The number of halogens is 1. The highest BCUT2D eigenvalue weighted by atomic mass is 35.5. The van der Waals surface area contributed by atoms with Crippen molar-refractivity contribution in [3.63, 3.8) is 0 Å². The molecule has 0 heterocycles. The van der Waals surface area contributed by atoms with E-state index in [0.29, 0.717) is 6.54 Å². The van der Waals surface area contributed by atoms with Crippen molar-refractivity contribution >= 4 is 18.4 Å². The molecule has 0 aliphatic heterocycles. The van der Waals surface area contributed by atoms with Crippen LogP contribution >= 0.6 is 12.4 Å². The first-order chi connectivity index (χ1) is 9.74. The van der Waals surface area contributed by atoms with Gasteiger partial charge in [-0.25, -0.2) is 0 Å². The van der Waals surface area contributed by atoms with E-state index in [1.54, 1.807) is 0 Å². The molecule has 0 amide bonds. The lowest BCUT2D eigenvalue weighted by atomic mass is 10.1. The van der Waals surface area contributed by atoms with Gasteiger partial charge in [0.2, 0.25) is 0 Å². The molecule has 4 heteroatoms. The van der Waals surface area contributed by atoms with E-state index in [1.807, 2.05) is 36.4 Å². The first kappa shape index (κ1) is 17.2. The van der Waals surface area contributed by atoms with Crippen LogP contribution in [-0.4, -0.2) is 22.5 Å². The van der Waals surface area contributed by atoms with Gasteiger partial charge in [0.05, 0.1) is 6.42 Å². The maximum Gasteiger partial charge on any atom is 0.304 e. The van der Waals surface area contributed by atoms with Crippen molar-refractivity contribution in [3.8, 4) is 0 Å². The minimum Gasteiger partial charge on any atom is -0.481 e. The fourth-order valence-electron chi connectivity index (χ4n) is 2.15. The quantitative estimate of drug-likeness (QED) is 0.850. The smallest absolute Gasteiger partial charge is 0.304 e. The van der Waals surface area contributed by atoms with Crippen molar-refractivity contribution in [2.45, 2.75) is 19.5 Å². The van der Waals surface area contributed by atoms with Crippen LogP contribution in [0, 0.1) is 0 Å². The predicted molar refractivity (Wildman–Crippen MR) is 86.5 cm³/mol. The number of carboxylic acid groups (broad SMARTS) is 1. The molecule has 0 aromatic heterocycles. The van der Waals surface area contributed by atoms with Crippen LogP contribution in [0.25, 0.3) is 0 Å². The predicted octanol–water partition coefficient (Wildman–Crippen LogP) is 3.59. The minimum atomic E-state index is -0.754. The summed E-state index contributed by atoms with van der Waals surface area (Å²) in [6.07, 6.45) is 0.166. The Hall–Kier alpha value is -1.84. The van der Waals surface area contributed by atoms with Gasteiger partial charge in [-0.2, -0.15) is 0 Å². The van der Waals surface area contributed by atoms with Gasteiger partial charge < -0.3 is 5.11 Å². The lowest BCUT2D eigenvalue weighted by Crippen LogP contribution is -2.25. The van der Waals surface area contributed by atoms with Crippen LogP contribution in [0.5, 0.6) is 0 Å². The third kappa shape index (κ3) is 6.43. The minimum absolute atomic E-state index is 0. The van der Waals surface area contributed by atoms with Gasteiger partial charge >= 0.3 is 5.97 Å². The van der Waals surface area contributed by atoms with Crippen molar-refractivity contribution in [2.24, 2.45) is 0 Å². The molecular formula is C17H20ClNO2. The number of hydrogen-bond acceptors (Lipinski definition) is 2. The summed E-state index contributed by atoms with van der Waals surface area (Å²) in [7, 11) is 0. The normalized spacial score (nSPS) is 10.1. The lowest BCUT2D eigenvalue weighted by molar-refractivity contribution is -0.137. The van der Waals surface area contributed by atoms with Gasteiger partial charge in [-0.05, 0) is 11.1 Å². The van der Waals surface area contributed by atoms with E-state index in [9.17, 15) is 4.79 Å². The maximum atomic E-state index is 10.8. The molecule has 2 aromatic carbocycles. The fraction of sp³-hybridized carbons (Fsp3) is 0.235. The molecule has 0 radical (unpaired) electrons. The highest BCUT2D eigenvalue weighted by Gasteiger charge is 2.09. The summed E-state index contributed by atoms with van der Waals surface area (Å²) >= 11 is 0. The van der Waals surface area contributed by atoms with Crippen molar-refractivity contribution < 1.29 is 9.90 Å². The molecule has 2 aromatic rings. The van der Waals surface area contributed by atoms with Crippen molar-refractivity contribution in [2.75, 3.05) is 6.54 Å². The van der Waals surface area contributed by atoms with Crippen LogP contribution in [0.2, 0.25) is 0 Å². The zero-order valence-electron chi connectivity index (χ0n) is 11.8. The van der Waals surface area contributed by atoms with E-state index < -0.39 is 5.97 Å². The number of rotatable bonds is 7. The van der Waals surface area contributed by atoms with E-state index in [1.165, 1.54) is 11.1 Å². The second-order valence-electron chi connectivity index (χ2n) is 4.83. The summed E-state index contributed by atoms with van der Waals surface area (Å²) in [5.41, 5.74) is 2.41. The van der Waals surface area contributed by atoms with Crippen LogP contribution in [-0.2, 0) is 17.9 Å². The van der Waals surface area contributed by atoms with Crippen LogP contribution in [0.3, 0.4) is 0 Å². The topological polar surface area (TPSA) is 40.5 Å². The zero-order valence-corrected chi connectivity index (χ0v) is 12.6. The molecule has 0 saturated heterocycles. The van der Waals surface area contributed by atoms with Crippen LogP contribution in [0.15, 0.2) is 60.7 Å². The third-order valence-corrected chi connectivity index (χ3v) is 3.14. The van der Waals surface area contributed by atoms with Crippen LogP contribution < -0.4 is 0 Å². The molecular weight excluding hydrogens is 286 g/mol. The number of carboxylic acids is 1. The van der Waals surface area contributed by atoms with E-state index in [0.717, 1.165) is 13.1 Å². The largest absolute Gasteiger partial charge is 0.481 e. The maximum absolute atomic E-state index is 10.8. The second kappa shape index (κ2) is 9.16. The van der Waals surface area contributed by atoms with Crippen LogP contribution in [0.1, 0.15) is 17.5 Å². The lowest BCUT2D eigenvalue weighted by Gasteiger charge is -2.21. The zero-order chi connectivity index (χ0) is 14.2. The van der Waals surface area contributed by atoms with Gasteiger partial charge in [0.25, 0.3) is 0 Å². The summed E-state index contributed by atoms with van der Waals surface area (Å²) in [5.74, 6) is -0.754. The van der Waals surface area contributed by atoms with Crippen molar-refractivity contribution in [1.82, 2.24) is 4.90 Å². The molecule has 0 aliphatic rings. The number of benzene rings is 2. The molecule has 3 nitrogen and oxygen atoms in total. The molecule has 0 saturated carbocycles. The van der Waals surface area contributed by atoms with Gasteiger partial charge in [-0.1, -0.05) is 60.7 Å². The molecule has 1 N–H and O–H groups in total. The Morgan fingerprint density at radius 1 is 0.857 bits per heavy atom. The number of nitrogens with zero attached hydrogens (tertiary/aromatic N) is 1. The highest BCUT2D eigenvalue weighted by molar-refractivity contribution is 5.85. The average Bonchev–Trinajstić information content (AvgIpc) is 2.47. The molecule has 0 spiro atoms. The fourth-order valence-corrected chi connectivity index (χ4v) is 2.15. The first-order valence-corrected chi connectivity index (χ1v) is 6.76. The molecule has 0 unspecified atom stereocenters. The summed E-state index contributed by atoms with van der Waals surface area (Å²) in [6, 6.07) is 20.3. The van der Waals surface area contributed by atoms with Crippen molar-refractivity contribution in [3.05, 3.63) is 71.8 Å². The number of aliphatic carboxylic acids is 1. The summed E-state index contributed by atoms with van der Waals surface area (Å²) in [6.45, 7) is 2.09. The van der Waals surface area contributed by atoms with E-state index >= 15 is 0 Å². The summed E-state index contributed by atoms with van der Waals surface area (Å²) in [5, 5.41) is 8.87. The average molecular weight is 306 g/mol. The third-order valence-electron chi connectivity index (χ3n) is 3.14. The second-order valence-corrected chi connectivity index (χ2v) is 4.83. The molecule has 21 heavy (non-hydrogen) atoms. The van der Waals surface area contributed by atoms with Gasteiger partial charge in [0, 0.05) is 19.6 Å². The van der Waals surface area contributed by atoms with E-state index in [2.05, 4.69) is 29.2 Å². The number of hydrogen-bond donors (Lipinski definition) is 1. The van der Waals surface area contributed by atoms with Crippen LogP contribution in [0.4, 0.5) is 0 Å². The monoisotopic (exact) mass is 305 g/mol. The standard InChI is InChI=1S/C17H19NO2.ClH/c19-17(20)11-12-18(13-15-7-3-1-4-8-15)14-16-9-5-2-6-10-16;/h1-10H,11-14H2,(H,19,20);1H.